The van der Waals surface area contributed by atoms with Gasteiger partial charge in [-0.2, -0.15) is 0 Å². The number of imidazole rings is 1. The summed E-state index contributed by atoms with van der Waals surface area (Å²) < 4.78 is 2.22. The largest absolute Gasteiger partial charge is 0.342 e. The molecule has 1 aliphatic heterocycles. The second kappa shape index (κ2) is 7.73. The number of aromatic nitrogens is 3. The Bertz CT molecular complexity index is 927. The Balaban J connectivity index is 0.00000196. The summed E-state index contributed by atoms with van der Waals surface area (Å²) in [5.74, 6) is 1.51. The van der Waals surface area contributed by atoms with Crippen molar-refractivity contribution in [2.45, 2.75) is 13.0 Å². The fraction of sp³-hybridized carbons (Fsp3) is 0.316. The molecule has 0 saturated carbocycles. The smallest absolute Gasteiger partial charge is 0.206 e. The quantitative estimate of drug-likeness (QED) is 0.718. The van der Waals surface area contributed by atoms with Crippen molar-refractivity contribution in [2.24, 2.45) is 11.7 Å². The average Bonchev–Trinajstić information content (AvgIpc) is 3.27. The van der Waals surface area contributed by atoms with Crippen LogP contribution >= 0.6 is 12.4 Å². The lowest BCUT2D eigenvalue weighted by molar-refractivity contribution is 0.600. The van der Waals surface area contributed by atoms with Crippen molar-refractivity contribution < 1.29 is 0 Å². The molecule has 26 heavy (non-hydrogen) atoms. The molecule has 1 aromatic carbocycles. The zero-order valence-electron chi connectivity index (χ0n) is 14.4. The predicted octanol–water partition coefficient (Wildman–Crippen LogP) is 3.24. The lowest BCUT2D eigenvalue weighted by atomic mass is 10.1. The van der Waals surface area contributed by atoms with Gasteiger partial charge in [-0.25, -0.2) is 9.83 Å². The van der Waals surface area contributed by atoms with Crippen LogP contribution in [-0.2, 0) is 6.54 Å². The van der Waals surface area contributed by atoms with Crippen molar-refractivity contribution in [3.63, 3.8) is 0 Å². The van der Waals surface area contributed by atoms with E-state index < -0.39 is 0 Å². The number of nitrogens with two attached hydrogens (primary N) is 1. The van der Waals surface area contributed by atoms with Gasteiger partial charge >= 0.3 is 0 Å². The van der Waals surface area contributed by atoms with Crippen LogP contribution in [0, 0.1) is 12.5 Å². The van der Waals surface area contributed by atoms with Gasteiger partial charge in [-0.1, -0.05) is 18.2 Å². The maximum atomic E-state index is 7.06. The Labute approximate surface area is 158 Å². The predicted molar refractivity (Wildman–Crippen MR) is 106 cm³/mol. The molecule has 7 heteroatoms. The number of hydrogen-bond acceptors (Lipinski definition) is 4. The summed E-state index contributed by atoms with van der Waals surface area (Å²) in [5.41, 5.74) is 9.43. The van der Waals surface area contributed by atoms with Gasteiger partial charge in [0.15, 0.2) is 0 Å². The molecule has 4 rings (SSSR count). The molecule has 0 spiro atoms. The molecule has 1 fully saturated rings. The maximum absolute atomic E-state index is 7.06. The van der Waals surface area contributed by atoms with Gasteiger partial charge in [-0.3, -0.25) is 4.98 Å². The van der Waals surface area contributed by atoms with E-state index in [-0.39, 0.29) is 12.4 Å². The normalized spacial score (nSPS) is 16.5. The third-order valence-corrected chi connectivity index (χ3v) is 4.79. The van der Waals surface area contributed by atoms with Gasteiger partial charge in [0, 0.05) is 19.3 Å². The standard InChI is InChI=1S/C19H20N6.ClH/c1-21-15-6-7-16(22-11-15)13-25-18-5-3-2-4-17(18)23-19(25)24-9-8-14(10-20)12-24;/h2-7,11,14H,8-10,12-13,20H2;1H/t14-;/m1./s1. The van der Waals surface area contributed by atoms with E-state index in [0.29, 0.717) is 18.2 Å². The molecule has 0 aliphatic carbocycles. The lowest BCUT2D eigenvalue weighted by Gasteiger charge is -2.19. The van der Waals surface area contributed by atoms with E-state index in [9.17, 15) is 0 Å². The van der Waals surface area contributed by atoms with Crippen LogP contribution in [0.15, 0.2) is 42.6 Å². The van der Waals surface area contributed by atoms with Crippen molar-refractivity contribution in [3.05, 3.63) is 59.7 Å². The van der Waals surface area contributed by atoms with Crippen LogP contribution in [0.25, 0.3) is 15.9 Å². The molecule has 1 atom stereocenters. The zero-order chi connectivity index (χ0) is 17.2. The van der Waals surface area contributed by atoms with Gasteiger partial charge < -0.3 is 15.2 Å². The van der Waals surface area contributed by atoms with Crippen LogP contribution < -0.4 is 10.6 Å². The lowest BCUT2D eigenvalue weighted by Crippen LogP contribution is -2.25. The fourth-order valence-corrected chi connectivity index (χ4v) is 3.41. The van der Waals surface area contributed by atoms with E-state index in [4.69, 9.17) is 17.3 Å². The number of pyridine rings is 1. The minimum absolute atomic E-state index is 0. The minimum Gasteiger partial charge on any atom is -0.342 e. The van der Waals surface area contributed by atoms with Crippen LogP contribution in [0.4, 0.5) is 11.6 Å². The second-order valence-electron chi connectivity index (χ2n) is 6.44. The van der Waals surface area contributed by atoms with E-state index >= 15 is 0 Å². The molecular weight excluding hydrogens is 348 g/mol. The Hall–Kier alpha value is -2.62. The minimum atomic E-state index is 0. The van der Waals surface area contributed by atoms with Gasteiger partial charge in [0.1, 0.15) is 0 Å². The zero-order valence-corrected chi connectivity index (χ0v) is 15.2. The molecular formula is C19H21ClN6. The van der Waals surface area contributed by atoms with Crippen LogP contribution in [-0.4, -0.2) is 34.2 Å². The highest BCUT2D eigenvalue weighted by Gasteiger charge is 2.26. The first-order valence-electron chi connectivity index (χ1n) is 8.51. The van der Waals surface area contributed by atoms with Crippen LogP contribution in [0.3, 0.4) is 0 Å². The van der Waals surface area contributed by atoms with Crippen LogP contribution in [0.2, 0.25) is 0 Å². The van der Waals surface area contributed by atoms with Crippen molar-refractivity contribution in [1.29, 1.82) is 0 Å². The summed E-state index contributed by atoms with van der Waals surface area (Å²) in [4.78, 5) is 15.0. The molecule has 2 aromatic heterocycles. The van der Waals surface area contributed by atoms with E-state index in [0.717, 1.165) is 48.7 Å². The highest BCUT2D eigenvalue weighted by molar-refractivity contribution is 5.85. The van der Waals surface area contributed by atoms with Crippen LogP contribution in [0.5, 0.6) is 0 Å². The number of anilines is 1. The van der Waals surface area contributed by atoms with Gasteiger partial charge in [0.05, 0.1) is 29.8 Å². The molecule has 3 aromatic rings. The Morgan fingerprint density at radius 1 is 1.23 bits per heavy atom. The number of halogens is 1. The number of para-hydroxylation sites is 2. The van der Waals surface area contributed by atoms with Crippen molar-refractivity contribution in [2.75, 3.05) is 24.5 Å². The summed E-state index contributed by atoms with van der Waals surface area (Å²) in [7, 11) is 0. The van der Waals surface area contributed by atoms with Crippen molar-refractivity contribution in [1.82, 2.24) is 14.5 Å². The highest BCUT2D eigenvalue weighted by atomic mass is 35.5. The van der Waals surface area contributed by atoms with Gasteiger partial charge in [-0.15, -0.1) is 12.4 Å². The third kappa shape index (κ3) is 3.36. The molecule has 0 amide bonds. The molecule has 0 bridgehead atoms. The topological polar surface area (TPSA) is 64.3 Å². The molecule has 1 saturated heterocycles. The van der Waals surface area contributed by atoms with Gasteiger partial charge in [-0.05, 0) is 37.1 Å². The van der Waals surface area contributed by atoms with Crippen LogP contribution in [0.1, 0.15) is 12.1 Å². The monoisotopic (exact) mass is 368 g/mol. The SMILES string of the molecule is Cl.[C-]#[N+]c1ccc(Cn2c(N3CC[C@H](CN)C3)nc3ccccc32)nc1. The van der Waals surface area contributed by atoms with Gasteiger partial charge in [0.25, 0.3) is 0 Å². The van der Waals surface area contributed by atoms with Gasteiger partial charge in [0.2, 0.25) is 11.6 Å². The second-order valence-corrected chi connectivity index (χ2v) is 6.44. The highest BCUT2D eigenvalue weighted by Crippen LogP contribution is 2.28. The summed E-state index contributed by atoms with van der Waals surface area (Å²) in [6.07, 6.45) is 2.74. The van der Waals surface area contributed by atoms with E-state index in [1.165, 1.54) is 0 Å². The first-order valence-corrected chi connectivity index (χ1v) is 8.51. The molecule has 2 N–H and O–H groups in total. The summed E-state index contributed by atoms with van der Waals surface area (Å²) >= 11 is 0. The number of hydrogen-bond donors (Lipinski definition) is 1. The van der Waals surface area contributed by atoms with Crippen molar-refractivity contribution >= 4 is 35.1 Å². The number of nitrogens with zero attached hydrogens (tertiary/aromatic N) is 5. The first-order chi connectivity index (χ1) is 12.3. The molecule has 134 valence electrons. The van der Waals surface area contributed by atoms with E-state index in [1.807, 2.05) is 30.3 Å². The molecule has 1 aliphatic rings. The molecule has 0 radical (unpaired) electrons. The van der Waals surface area contributed by atoms with E-state index in [2.05, 4.69) is 25.4 Å². The first kappa shape index (κ1) is 18.2. The molecule has 3 heterocycles. The molecule has 0 unspecified atom stereocenters. The summed E-state index contributed by atoms with van der Waals surface area (Å²) in [6, 6.07) is 11.9. The average molecular weight is 369 g/mol. The Kier molecular flexibility index (Phi) is 5.40. The van der Waals surface area contributed by atoms with Crippen molar-refractivity contribution in [3.8, 4) is 0 Å². The number of rotatable bonds is 4. The summed E-state index contributed by atoms with van der Waals surface area (Å²) in [5, 5.41) is 0. The van der Waals surface area contributed by atoms with E-state index in [1.54, 1.807) is 6.20 Å². The number of benzene rings is 1. The summed E-state index contributed by atoms with van der Waals surface area (Å²) in [6.45, 7) is 10.3. The third-order valence-electron chi connectivity index (χ3n) is 4.79. The Morgan fingerprint density at radius 3 is 2.77 bits per heavy atom. The maximum Gasteiger partial charge on any atom is 0.206 e. The Morgan fingerprint density at radius 2 is 2.08 bits per heavy atom. The fourth-order valence-electron chi connectivity index (χ4n) is 3.41. The molecule has 6 nitrogen and oxygen atoms in total. The number of fused-ring (bicyclic) bond motifs is 1.